The van der Waals surface area contributed by atoms with E-state index >= 15 is 0 Å². The van der Waals surface area contributed by atoms with E-state index in [9.17, 15) is 4.79 Å². The fraction of sp³-hybridized carbons (Fsp3) is 0.533. The Balaban J connectivity index is 0.000000861. The normalized spacial score (nSPS) is 14.7. The molecule has 0 aromatic heterocycles. The van der Waals surface area contributed by atoms with Crippen LogP contribution in [0.15, 0.2) is 24.3 Å². The highest BCUT2D eigenvalue weighted by molar-refractivity contribution is 5.77. The van der Waals surface area contributed by atoms with Gasteiger partial charge in [-0.3, -0.25) is 4.79 Å². The molecule has 1 amide bonds. The van der Waals surface area contributed by atoms with Gasteiger partial charge in [0.2, 0.25) is 5.91 Å². The topological polar surface area (TPSA) is 43.8 Å². The summed E-state index contributed by atoms with van der Waals surface area (Å²) in [6.07, 6.45) is 0. The molecule has 0 unspecified atom stereocenters. The Kier molecular flexibility index (Phi) is 6.36. The van der Waals surface area contributed by atoms with Crippen LogP contribution in [0.25, 0.3) is 0 Å². The highest BCUT2D eigenvalue weighted by Crippen LogP contribution is 2.16. The van der Waals surface area contributed by atoms with E-state index in [-0.39, 0.29) is 12.5 Å². The van der Waals surface area contributed by atoms with Gasteiger partial charge in [-0.2, -0.15) is 0 Å². The largest absolute Gasteiger partial charge is 0.387 e. The fourth-order valence-electron chi connectivity index (χ4n) is 2.07. The third-order valence-corrected chi connectivity index (χ3v) is 3.17. The van der Waals surface area contributed by atoms with Crippen LogP contribution in [0.1, 0.15) is 19.4 Å². The highest BCUT2D eigenvalue weighted by atomic mass is 16.3. The smallest absolute Gasteiger partial charge is 0.248 e. The van der Waals surface area contributed by atoms with Crippen LogP contribution in [0.2, 0.25) is 0 Å². The summed E-state index contributed by atoms with van der Waals surface area (Å²) in [7, 11) is 0. The number of hydrogen-bond donors (Lipinski definition) is 1. The van der Waals surface area contributed by atoms with E-state index in [0.29, 0.717) is 13.1 Å². The van der Waals surface area contributed by atoms with Crippen LogP contribution in [-0.4, -0.2) is 48.7 Å². The van der Waals surface area contributed by atoms with Crippen molar-refractivity contribution in [3.8, 4) is 0 Å². The van der Waals surface area contributed by atoms with Gasteiger partial charge in [0.15, 0.2) is 0 Å². The molecule has 1 aromatic carbocycles. The zero-order valence-electron chi connectivity index (χ0n) is 12.1. The SMILES string of the molecule is CC.Cc1ccc(N2CCN(C(=O)CO)CC2)cc1. The van der Waals surface area contributed by atoms with Crippen molar-refractivity contribution < 1.29 is 9.90 Å². The van der Waals surface area contributed by atoms with Crippen LogP contribution in [0.3, 0.4) is 0 Å². The number of aliphatic hydroxyl groups excluding tert-OH is 1. The fourth-order valence-corrected chi connectivity index (χ4v) is 2.07. The number of piperazine rings is 1. The molecule has 1 heterocycles. The summed E-state index contributed by atoms with van der Waals surface area (Å²) in [6, 6.07) is 8.42. The molecule has 106 valence electrons. The van der Waals surface area contributed by atoms with Gasteiger partial charge in [-0.15, -0.1) is 0 Å². The molecular formula is C15H24N2O2. The van der Waals surface area contributed by atoms with Crippen LogP contribution in [-0.2, 0) is 4.79 Å². The van der Waals surface area contributed by atoms with Crippen molar-refractivity contribution in [3.63, 3.8) is 0 Å². The Morgan fingerprint density at radius 2 is 1.63 bits per heavy atom. The van der Waals surface area contributed by atoms with Gasteiger partial charge in [0.1, 0.15) is 6.61 Å². The van der Waals surface area contributed by atoms with Gasteiger partial charge in [-0.1, -0.05) is 31.5 Å². The molecule has 1 aliphatic heterocycles. The molecule has 1 aromatic rings. The van der Waals surface area contributed by atoms with E-state index in [1.54, 1.807) is 4.90 Å². The maximum absolute atomic E-state index is 11.3. The Bertz CT molecular complexity index is 382. The van der Waals surface area contributed by atoms with E-state index in [1.165, 1.54) is 11.3 Å². The lowest BCUT2D eigenvalue weighted by molar-refractivity contribution is -0.134. The maximum atomic E-state index is 11.3. The molecule has 4 nitrogen and oxygen atoms in total. The number of nitrogens with zero attached hydrogens (tertiary/aromatic N) is 2. The zero-order valence-corrected chi connectivity index (χ0v) is 12.1. The lowest BCUT2D eigenvalue weighted by Crippen LogP contribution is -2.49. The van der Waals surface area contributed by atoms with Crippen LogP contribution in [0.4, 0.5) is 5.69 Å². The van der Waals surface area contributed by atoms with E-state index in [0.717, 1.165) is 13.1 Å². The van der Waals surface area contributed by atoms with Crippen molar-refractivity contribution in [1.29, 1.82) is 0 Å². The van der Waals surface area contributed by atoms with E-state index in [2.05, 4.69) is 36.1 Å². The Hall–Kier alpha value is -1.55. The van der Waals surface area contributed by atoms with Crippen LogP contribution < -0.4 is 4.90 Å². The standard InChI is InChI=1S/C13H18N2O2.C2H6/c1-11-2-4-12(5-3-11)14-6-8-15(9-7-14)13(17)10-16;1-2/h2-5,16H,6-10H2,1H3;1-2H3. The van der Waals surface area contributed by atoms with Crippen molar-refractivity contribution in [2.45, 2.75) is 20.8 Å². The number of carbonyl (C=O) groups is 1. The summed E-state index contributed by atoms with van der Waals surface area (Å²) in [5.74, 6) is -0.173. The first-order valence-electron chi connectivity index (χ1n) is 6.91. The van der Waals surface area contributed by atoms with Gasteiger partial charge in [0.25, 0.3) is 0 Å². The molecule has 0 saturated carbocycles. The molecule has 1 fully saturated rings. The summed E-state index contributed by atoms with van der Waals surface area (Å²) in [5, 5.41) is 8.80. The van der Waals surface area contributed by atoms with Gasteiger partial charge in [0.05, 0.1) is 0 Å². The summed E-state index contributed by atoms with van der Waals surface area (Å²) >= 11 is 0. The molecule has 0 aliphatic carbocycles. The number of benzene rings is 1. The van der Waals surface area contributed by atoms with Gasteiger partial charge < -0.3 is 14.9 Å². The molecule has 2 rings (SSSR count). The number of carbonyl (C=O) groups excluding carboxylic acids is 1. The quantitative estimate of drug-likeness (QED) is 0.883. The third-order valence-electron chi connectivity index (χ3n) is 3.17. The molecule has 0 spiro atoms. The van der Waals surface area contributed by atoms with E-state index in [4.69, 9.17) is 5.11 Å². The predicted molar refractivity (Wildman–Crippen MR) is 78.4 cm³/mol. The molecule has 0 atom stereocenters. The van der Waals surface area contributed by atoms with Crippen LogP contribution in [0.5, 0.6) is 0 Å². The molecule has 1 aliphatic rings. The molecule has 1 saturated heterocycles. The lowest BCUT2D eigenvalue weighted by Gasteiger charge is -2.35. The molecule has 0 radical (unpaired) electrons. The molecule has 0 bridgehead atoms. The monoisotopic (exact) mass is 264 g/mol. The average molecular weight is 264 g/mol. The van der Waals surface area contributed by atoms with Gasteiger partial charge in [-0.25, -0.2) is 0 Å². The number of aryl methyl sites for hydroxylation is 1. The molecule has 1 N–H and O–H groups in total. The number of hydrogen-bond acceptors (Lipinski definition) is 3. The first-order chi connectivity index (χ1) is 9.20. The lowest BCUT2D eigenvalue weighted by atomic mass is 10.2. The zero-order chi connectivity index (χ0) is 14.3. The van der Waals surface area contributed by atoms with Crippen molar-refractivity contribution in [1.82, 2.24) is 4.90 Å². The summed E-state index contributed by atoms with van der Waals surface area (Å²) in [4.78, 5) is 15.3. The predicted octanol–water partition coefficient (Wildman–Crippen LogP) is 1.66. The van der Waals surface area contributed by atoms with Crippen molar-refractivity contribution in [3.05, 3.63) is 29.8 Å². The van der Waals surface area contributed by atoms with Crippen molar-refractivity contribution in [2.24, 2.45) is 0 Å². The van der Waals surface area contributed by atoms with E-state index in [1.807, 2.05) is 13.8 Å². The molecular weight excluding hydrogens is 240 g/mol. The Labute approximate surface area is 115 Å². The number of anilines is 1. The van der Waals surface area contributed by atoms with E-state index < -0.39 is 0 Å². The van der Waals surface area contributed by atoms with Crippen LogP contribution in [0, 0.1) is 6.92 Å². The Morgan fingerprint density at radius 1 is 1.11 bits per heavy atom. The second-order valence-electron chi connectivity index (χ2n) is 4.36. The number of rotatable bonds is 2. The van der Waals surface area contributed by atoms with Crippen molar-refractivity contribution >= 4 is 11.6 Å². The maximum Gasteiger partial charge on any atom is 0.248 e. The van der Waals surface area contributed by atoms with Crippen LogP contribution >= 0.6 is 0 Å². The Morgan fingerprint density at radius 3 is 2.11 bits per heavy atom. The van der Waals surface area contributed by atoms with Crippen molar-refractivity contribution in [2.75, 3.05) is 37.7 Å². The van der Waals surface area contributed by atoms with Gasteiger partial charge in [-0.05, 0) is 19.1 Å². The molecule has 19 heavy (non-hydrogen) atoms. The second-order valence-corrected chi connectivity index (χ2v) is 4.36. The number of aliphatic hydroxyl groups is 1. The first-order valence-corrected chi connectivity index (χ1v) is 6.91. The minimum absolute atomic E-state index is 0.173. The second kappa shape index (κ2) is 7.79. The van der Waals surface area contributed by atoms with Gasteiger partial charge >= 0.3 is 0 Å². The van der Waals surface area contributed by atoms with Gasteiger partial charge in [0, 0.05) is 31.9 Å². The summed E-state index contributed by atoms with van der Waals surface area (Å²) < 4.78 is 0. The molecule has 4 heteroatoms. The summed E-state index contributed by atoms with van der Waals surface area (Å²) in [5.41, 5.74) is 2.45. The first kappa shape index (κ1) is 15.5. The third kappa shape index (κ3) is 4.24. The highest BCUT2D eigenvalue weighted by Gasteiger charge is 2.20. The summed E-state index contributed by atoms with van der Waals surface area (Å²) in [6.45, 7) is 8.72. The average Bonchev–Trinajstić information content (AvgIpc) is 2.49. The minimum Gasteiger partial charge on any atom is -0.387 e. The minimum atomic E-state index is -0.384. The number of amides is 1.